The number of hydrogen-bond acceptors (Lipinski definition) is 3. The third kappa shape index (κ3) is 4.04. The average Bonchev–Trinajstić information content (AvgIpc) is 2.99. The number of carbonyl (C=O) groups excluding carboxylic acids is 2. The molecule has 1 saturated carbocycles. The van der Waals surface area contributed by atoms with Crippen molar-refractivity contribution in [2.75, 3.05) is 13.1 Å². The maximum Gasteiger partial charge on any atom is 0.254 e. The number of primary amides is 1. The van der Waals surface area contributed by atoms with Crippen LogP contribution < -0.4 is 11.5 Å². The Morgan fingerprint density at radius 1 is 1.14 bits per heavy atom. The molecule has 0 saturated heterocycles. The van der Waals surface area contributed by atoms with Gasteiger partial charge in [0, 0.05) is 11.6 Å². The highest BCUT2D eigenvalue weighted by atomic mass is 16.2. The molecule has 5 heteroatoms. The van der Waals surface area contributed by atoms with E-state index in [9.17, 15) is 9.59 Å². The van der Waals surface area contributed by atoms with E-state index in [4.69, 9.17) is 11.5 Å². The Hall–Kier alpha value is -1.88. The lowest BCUT2D eigenvalue weighted by Crippen LogP contribution is -2.44. The molecule has 0 unspecified atom stereocenters. The number of nitrogens with zero attached hydrogens (tertiary/aromatic N) is 1. The Labute approximate surface area is 125 Å². The van der Waals surface area contributed by atoms with Crippen molar-refractivity contribution >= 4 is 11.8 Å². The van der Waals surface area contributed by atoms with Crippen molar-refractivity contribution in [2.45, 2.75) is 38.1 Å². The third-order valence-corrected chi connectivity index (χ3v) is 3.99. The lowest BCUT2D eigenvalue weighted by molar-refractivity contribution is -0.119. The minimum absolute atomic E-state index is 0.00590. The fraction of sp³-hybridized carbons (Fsp3) is 0.500. The standard InChI is InChI=1S/C16H23N3O2/c17-10-9-12-5-7-13(8-6-12)16(21)19(11-15(18)20)14-3-1-2-4-14/h5-8,14H,1-4,9-11,17H2,(H2,18,20). The van der Waals surface area contributed by atoms with E-state index >= 15 is 0 Å². The van der Waals surface area contributed by atoms with Gasteiger partial charge in [-0.1, -0.05) is 25.0 Å². The second-order valence-corrected chi connectivity index (χ2v) is 5.57. The Bertz CT molecular complexity index is 493. The molecular formula is C16H23N3O2. The first-order valence-electron chi connectivity index (χ1n) is 7.50. The first-order valence-corrected chi connectivity index (χ1v) is 7.50. The molecule has 1 fully saturated rings. The van der Waals surface area contributed by atoms with Crippen LogP contribution in [0.15, 0.2) is 24.3 Å². The predicted molar refractivity (Wildman–Crippen MR) is 81.7 cm³/mol. The fourth-order valence-corrected chi connectivity index (χ4v) is 2.90. The minimum Gasteiger partial charge on any atom is -0.368 e. The molecule has 0 spiro atoms. The molecule has 2 amide bonds. The van der Waals surface area contributed by atoms with Crippen molar-refractivity contribution in [2.24, 2.45) is 11.5 Å². The number of hydrogen-bond donors (Lipinski definition) is 2. The minimum atomic E-state index is -0.463. The Morgan fingerprint density at radius 3 is 2.29 bits per heavy atom. The Kier molecular flexibility index (Phi) is 5.33. The van der Waals surface area contributed by atoms with Crippen molar-refractivity contribution in [1.82, 2.24) is 4.90 Å². The molecule has 5 nitrogen and oxygen atoms in total. The summed E-state index contributed by atoms with van der Waals surface area (Å²) in [4.78, 5) is 25.5. The zero-order valence-electron chi connectivity index (χ0n) is 12.3. The summed E-state index contributed by atoms with van der Waals surface area (Å²) in [5, 5.41) is 0. The van der Waals surface area contributed by atoms with Gasteiger partial charge in [-0.05, 0) is 43.5 Å². The van der Waals surface area contributed by atoms with Gasteiger partial charge >= 0.3 is 0 Å². The van der Waals surface area contributed by atoms with Gasteiger partial charge in [0.05, 0.1) is 6.54 Å². The molecule has 4 N–H and O–H groups in total. The second-order valence-electron chi connectivity index (χ2n) is 5.57. The van der Waals surface area contributed by atoms with Crippen LogP contribution >= 0.6 is 0 Å². The fourth-order valence-electron chi connectivity index (χ4n) is 2.90. The van der Waals surface area contributed by atoms with E-state index < -0.39 is 5.91 Å². The molecule has 0 radical (unpaired) electrons. The summed E-state index contributed by atoms with van der Waals surface area (Å²) < 4.78 is 0. The zero-order chi connectivity index (χ0) is 15.2. The lowest BCUT2D eigenvalue weighted by Gasteiger charge is -2.28. The Morgan fingerprint density at radius 2 is 1.76 bits per heavy atom. The van der Waals surface area contributed by atoms with E-state index in [1.165, 1.54) is 0 Å². The Balaban J connectivity index is 2.14. The number of benzene rings is 1. The summed E-state index contributed by atoms with van der Waals surface area (Å²) in [6, 6.07) is 7.56. The van der Waals surface area contributed by atoms with Gasteiger partial charge in [-0.2, -0.15) is 0 Å². The van der Waals surface area contributed by atoms with Crippen molar-refractivity contribution < 1.29 is 9.59 Å². The van der Waals surface area contributed by atoms with E-state index in [2.05, 4.69) is 0 Å². The van der Waals surface area contributed by atoms with Gasteiger partial charge in [0.1, 0.15) is 0 Å². The summed E-state index contributed by atoms with van der Waals surface area (Å²) in [5.41, 5.74) is 12.5. The van der Waals surface area contributed by atoms with Crippen LogP contribution in [0, 0.1) is 0 Å². The summed E-state index contributed by atoms with van der Waals surface area (Å²) in [6.45, 7) is 0.581. The molecule has 1 aromatic rings. The van der Waals surface area contributed by atoms with E-state index in [0.29, 0.717) is 12.1 Å². The van der Waals surface area contributed by atoms with Crippen molar-refractivity contribution in [3.05, 3.63) is 35.4 Å². The topological polar surface area (TPSA) is 89.4 Å². The zero-order valence-corrected chi connectivity index (χ0v) is 12.3. The third-order valence-electron chi connectivity index (χ3n) is 3.99. The normalized spacial score (nSPS) is 15.1. The molecule has 21 heavy (non-hydrogen) atoms. The molecule has 2 rings (SSSR count). The first kappa shape index (κ1) is 15.5. The molecule has 0 atom stereocenters. The van der Waals surface area contributed by atoms with E-state index in [-0.39, 0.29) is 18.5 Å². The monoisotopic (exact) mass is 289 g/mol. The molecule has 1 aliphatic rings. The average molecular weight is 289 g/mol. The van der Waals surface area contributed by atoms with Crippen molar-refractivity contribution in [3.63, 3.8) is 0 Å². The lowest BCUT2D eigenvalue weighted by atomic mass is 10.1. The number of rotatable bonds is 6. The molecule has 1 aromatic carbocycles. The summed E-state index contributed by atoms with van der Waals surface area (Å²) >= 11 is 0. The highest BCUT2D eigenvalue weighted by Gasteiger charge is 2.28. The van der Waals surface area contributed by atoms with Crippen LogP contribution in [0.1, 0.15) is 41.6 Å². The predicted octanol–water partition coefficient (Wildman–Crippen LogP) is 1.06. The van der Waals surface area contributed by atoms with E-state index in [0.717, 1.165) is 37.7 Å². The van der Waals surface area contributed by atoms with Gasteiger partial charge in [-0.3, -0.25) is 9.59 Å². The molecule has 0 aromatic heterocycles. The molecule has 1 aliphatic carbocycles. The second kappa shape index (κ2) is 7.22. The molecule has 114 valence electrons. The largest absolute Gasteiger partial charge is 0.368 e. The van der Waals surface area contributed by atoms with Crippen molar-refractivity contribution in [3.8, 4) is 0 Å². The van der Waals surface area contributed by atoms with Crippen LogP contribution in [-0.4, -0.2) is 35.8 Å². The highest BCUT2D eigenvalue weighted by molar-refractivity contribution is 5.96. The highest BCUT2D eigenvalue weighted by Crippen LogP contribution is 2.24. The van der Waals surface area contributed by atoms with Crippen LogP contribution in [0.5, 0.6) is 0 Å². The van der Waals surface area contributed by atoms with Gasteiger partial charge < -0.3 is 16.4 Å². The number of amides is 2. The van der Waals surface area contributed by atoms with Gasteiger partial charge in [-0.25, -0.2) is 0 Å². The van der Waals surface area contributed by atoms with E-state index in [1.807, 2.05) is 12.1 Å². The van der Waals surface area contributed by atoms with Gasteiger partial charge in [-0.15, -0.1) is 0 Å². The van der Waals surface area contributed by atoms with Gasteiger partial charge in [0.25, 0.3) is 5.91 Å². The maximum absolute atomic E-state index is 12.6. The van der Waals surface area contributed by atoms with Crippen molar-refractivity contribution in [1.29, 1.82) is 0 Å². The van der Waals surface area contributed by atoms with Gasteiger partial charge in [0.15, 0.2) is 0 Å². The van der Waals surface area contributed by atoms with E-state index in [1.54, 1.807) is 17.0 Å². The van der Waals surface area contributed by atoms with Crippen LogP contribution in [0.3, 0.4) is 0 Å². The van der Waals surface area contributed by atoms with Crippen LogP contribution in [0.4, 0.5) is 0 Å². The summed E-state index contributed by atoms with van der Waals surface area (Å²) in [7, 11) is 0. The SMILES string of the molecule is NCCc1ccc(C(=O)N(CC(N)=O)C2CCCC2)cc1. The van der Waals surface area contributed by atoms with Crippen LogP contribution in [0.25, 0.3) is 0 Å². The maximum atomic E-state index is 12.6. The number of nitrogens with two attached hydrogens (primary N) is 2. The quantitative estimate of drug-likeness (QED) is 0.820. The number of carbonyl (C=O) groups is 2. The smallest absolute Gasteiger partial charge is 0.254 e. The van der Waals surface area contributed by atoms with Gasteiger partial charge in [0.2, 0.25) is 5.91 Å². The summed E-state index contributed by atoms with van der Waals surface area (Å²) in [5.74, 6) is -0.574. The molecule has 0 heterocycles. The van der Waals surface area contributed by atoms with Crippen LogP contribution in [-0.2, 0) is 11.2 Å². The van der Waals surface area contributed by atoms with Crippen LogP contribution in [0.2, 0.25) is 0 Å². The molecular weight excluding hydrogens is 266 g/mol. The summed E-state index contributed by atoms with van der Waals surface area (Å²) in [6.07, 6.45) is 4.89. The first-order chi connectivity index (χ1) is 10.1. The molecule has 0 aliphatic heterocycles. The molecule has 0 bridgehead atoms.